The topological polar surface area (TPSA) is 43.4 Å². The molecule has 4 rings (SSSR count). The molecule has 1 heterocycles. The summed E-state index contributed by atoms with van der Waals surface area (Å²) in [6.45, 7) is 0. The van der Waals surface area contributed by atoms with Crippen molar-refractivity contribution >= 4 is 17.6 Å². The average molecular weight is 290 g/mol. The van der Waals surface area contributed by atoms with Gasteiger partial charge in [0.2, 0.25) is 0 Å². The van der Waals surface area contributed by atoms with E-state index in [0.717, 1.165) is 5.56 Å². The molecule has 1 aliphatic carbocycles. The van der Waals surface area contributed by atoms with Crippen molar-refractivity contribution in [3.05, 3.63) is 71.8 Å². The number of allylic oxidation sites excluding steroid dienone is 1. The maximum Gasteiger partial charge on any atom is 0.174 e. The fourth-order valence-electron chi connectivity index (χ4n) is 3.03. The summed E-state index contributed by atoms with van der Waals surface area (Å²) in [4.78, 5) is 24.7. The van der Waals surface area contributed by atoms with Gasteiger partial charge in [-0.1, -0.05) is 48.5 Å². The van der Waals surface area contributed by atoms with E-state index in [1.807, 2.05) is 42.5 Å². The molecule has 0 bridgehead atoms. The average Bonchev–Trinajstić information content (AvgIpc) is 3.28. The van der Waals surface area contributed by atoms with Gasteiger partial charge in [-0.05, 0) is 23.8 Å². The van der Waals surface area contributed by atoms with Gasteiger partial charge in [0.15, 0.2) is 11.6 Å². The molecular weight excluding hydrogens is 276 g/mol. The lowest BCUT2D eigenvalue weighted by atomic mass is 10.0. The molecule has 1 aliphatic heterocycles. The van der Waals surface area contributed by atoms with Gasteiger partial charge < -0.3 is 4.74 Å². The van der Waals surface area contributed by atoms with E-state index in [4.69, 9.17) is 4.74 Å². The molecule has 108 valence electrons. The van der Waals surface area contributed by atoms with E-state index in [1.54, 1.807) is 24.3 Å². The van der Waals surface area contributed by atoms with Crippen molar-refractivity contribution in [2.24, 2.45) is 11.8 Å². The van der Waals surface area contributed by atoms with Crippen molar-refractivity contribution in [2.45, 2.75) is 6.10 Å². The zero-order chi connectivity index (χ0) is 15.1. The first-order valence-corrected chi connectivity index (χ1v) is 7.32. The Morgan fingerprint density at radius 2 is 1.73 bits per heavy atom. The van der Waals surface area contributed by atoms with Gasteiger partial charge in [0.1, 0.15) is 11.9 Å². The molecule has 3 nitrogen and oxygen atoms in total. The van der Waals surface area contributed by atoms with Crippen molar-refractivity contribution in [3.8, 4) is 5.75 Å². The van der Waals surface area contributed by atoms with Crippen LogP contribution in [0.1, 0.15) is 15.9 Å². The molecule has 0 radical (unpaired) electrons. The van der Waals surface area contributed by atoms with E-state index in [9.17, 15) is 9.59 Å². The fraction of sp³-hybridized carbons (Fsp3) is 0.158. The number of carbonyl (C=O) groups is 2. The monoisotopic (exact) mass is 290 g/mol. The molecule has 0 spiro atoms. The Morgan fingerprint density at radius 1 is 1.00 bits per heavy atom. The smallest absolute Gasteiger partial charge is 0.174 e. The van der Waals surface area contributed by atoms with Gasteiger partial charge in [-0.3, -0.25) is 9.59 Å². The van der Waals surface area contributed by atoms with Crippen molar-refractivity contribution in [1.82, 2.24) is 0 Å². The van der Waals surface area contributed by atoms with E-state index < -0.39 is 0 Å². The van der Waals surface area contributed by atoms with Crippen LogP contribution < -0.4 is 4.74 Å². The number of benzene rings is 2. The summed E-state index contributed by atoms with van der Waals surface area (Å²) in [5, 5.41) is 0. The SMILES string of the molecule is O=C(/C=C/c1ccccc1)[C@H]1[C@@H]2Oc3ccccc3C(=O)[C@@H]21. The minimum atomic E-state index is -0.347. The van der Waals surface area contributed by atoms with E-state index in [1.165, 1.54) is 0 Å². The highest BCUT2D eigenvalue weighted by Crippen LogP contribution is 2.50. The summed E-state index contributed by atoms with van der Waals surface area (Å²) in [6, 6.07) is 16.8. The molecular formula is C19H14O3. The number of rotatable bonds is 3. The van der Waals surface area contributed by atoms with Gasteiger partial charge in [0.25, 0.3) is 0 Å². The van der Waals surface area contributed by atoms with Crippen molar-refractivity contribution in [3.63, 3.8) is 0 Å². The van der Waals surface area contributed by atoms with Crippen molar-refractivity contribution < 1.29 is 14.3 Å². The van der Waals surface area contributed by atoms with Gasteiger partial charge in [-0.25, -0.2) is 0 Å². The number of carbonyl (C=O) groups excluding carboxylic acids is 2. The number of ketones is 2. The second-order valence-electron chi connectivity index (χ2n) is 5.64. The molecule has 3 atom stereocenters. The lowest BCUT2D eigenvalue weighted by molar-refractivity contribution is -0.116. The van der Waals surface area contributed by atoms with Crippen LogP contribution in [-0.2, 0) is 4.79 Å². The molecule has 3 heteroatoms. The number of ether oxygens (including phenoxy) is 1. The van der Waals surface area contributed by atoms with Gasteiger partial charge in [-0.2, -0.15) is 0 Å². The molecule has 2 aromatic rings. The van der Waals surface area contributed by atoms with Crippen molar-refractivity contribution in [2.75, 3.05) is 0 Å². The molecule has 0 saturated heterocycles. The van der Waals surface area contributed by atoms with E-state index in [0.29, 0.717) is 11.3 Å². The molecule has 0 aromatic heterocycles. The first-order valence-electron chi connectivity index (χ1n) is 7.32. The summed E-state index contributed by atoms with van der Waals surface area (Å²) in [6.07, 6.45) is 3.04. The predicted octanol–water partition coefficient (Wildman–Crippen LogP) is 3.16. The normalized spacial score (nSPS) is 25.3. The Morgan fingerprint density at radius 3 is 2.55 bits per heavy atom. The molecule has 2 aliphatic rings. The molecule has 0 amide bonds. The zero-order valence-corrected chi connectivity index (χ0v) is 11.8. The maximum absolute atomic E-state index is 12.4. The van der Waals surface area contributed by atoms with Crippen LogP contribution in [0.2, 0.25) is 0 Å². The van der Waals surface area contributed by atoms with Gasteiger partial charge in [0.05, 0.1) is 17.4 Å². The zero-order valence-electron chi connectivity index (χ0n) is 11.8. The Kier molecular flexibility index (Phi) is 2.93. The highest BCUT2D eigenvalue weighted by molar-refractivity contribution is 6.10. The second-order valence-corrected chi connectivity index (χ2v) is 5.64. The third-order valence-electron chi connectivity index (χ3n) is 4.24. The Bertz CT molecular complexity index is 776. The Labute approximate surface area is 128 Å². The van der Waals surface area contributed by atoms with Crippen LogP contribution in [0.15, 0.2) is 60.7 Å². The minimum Gasteiger partial charge on any atom is -0.488 e. The predicted molar refractivity (Wildman–Crippen MR) is 82.7 cm³/mol. The first-order chi connectivity index (χ1) is 10.8. The maximum atomic E-state index is 12.4. The molecule has 1 fully saturated rings. The first kappa shape index (κ1) is 13.0. The molecule has 0 N–H and O–H groups in total. The molecule has 1 saturated carbocycles. The summed E-state index contributed by atoms with van der Waals surface area (Å²) in [5.74, 6) is -0.0860. The third-order valence-corrected chi connectivity index (χ3v) is 4.24. The van der Waals surface area contributed by atoms with Gasteiger partial charge >= 0.3 is 0 Å². The van der Waals surface area contributed by atoms with Crippen LogP contribution in [0.5, 0.6) is 5.75 Å². The second kappa shape index (κ2) is 4.95. The van der Waals surface area contributed by atoms with Crippen LogP contribution in [0.25, 0.3) is 6.08 Å². The van der Waals surface area contributed by atoms with E-state index in [-0.39, 0.29) is 29.5 Å². The van der Waals surface area contributed by atoms with Crippen molar-refractivity contribution in [1.29, 1.82) is 0 Å². The lowest BCUT2D eigenvalue weighted by Crippen LogP contribution is -2.16. The van der Waals surface area contributed by atoms with Crippen LogP contribution in [-0.4, -0.2) is 17.7 Å². The number of para-hydroxylation sites is 1. The highest BCUT2D eigenvalue weighted by Gasteiger charge is 2.62. The Balaban J connectivity index is 1.52. The molecule has 2 aromatic carbocycles. The molecule has 0 unspecified atom stereocenters. The number of hydrogen-bond donors (Lipinski definition) is 0. The van der Waals surface area contributed by atoms with Crippen LogP contribution in [0.3, 0.4) is 0 Å². The van der Waals surface area contributed by atoms with Gasteiger partial charge in [0, 0.05) is 0 Å². The largest absolute Gasteiger partial charge is 0.488 e. The highest BCUT2D eigenvalue weighted by atomic mass is 16.5. The summed E-state index contributed by atoms with van der Waals surface area (Å²) in [7, 11) is 0. The summed E-state index contributed by atoms with van der Waals surface area (Å²) < 4.78 is 5.79. The minimum absolute atomic E-state index is 0.0262. The summed E-state index contributed by atoms with van der Waals surface area (Å²) >= 11 is 0. The van der Waals surface area contributed by atoms with Crippen LogP contribution in [0, 0.1) is 11.8 Å². The van der Waals surface area contributed by atoms with E-state index in [2.05, 4.69) is 0 Å². The number of hydrogen-bond acceptors (Lipinski definition) is 3. The van der Waals surface area contributed by atoms with Crippen LogP contribution >= 0.6 is 0 Å². The molecule has 22 heavy (non-hydrogen) atoms. The number of Topliss-reactive ketones (excluding diaryl/α,β-unsaturated/α-hetero) is 1. The lowest BCUT2D eigenvalue weighted by Gasteiger charge is -2.14. The number of fused-ring (bicyclic) bond motifs is 2. The Hall–Kier alpha value is -2.68. The van der Waals surface area contributed by atoms with E-state index >= 15 is 0 Å². The quantitative estimate of drug-likeness (QED) is 0.816. The van der Waals surface area contributed by atoms with Gasteiger partial charge in [-0.15, -0.1) is 0 Å². The fourth-order valence-corrected chi connectivity index (χ4v) is 3.03. The summed E-state index contributed by atoms with van der Waals surface area (Å²) in [5.41, 5.74) is 1.56. The van der Waals surface area contributed by atoms with Crippen LogP contribution in [0.4, 0.5) is 0 Å². The standard InChI is InChI=1S/C19H14O3/c20-14(11-10-12-6-2-1-3-7-12)16-17-18(21)13-8-4-5-9-15(13)22-19(16)17/h1-11,16-17,19H/b11-10+/t16-,17+,19+/m1/s1. The third kappa shape index (κ3) is 2.06.